The number of likely N-dealkylation sites (tertiary alicyclic amines) is 1. The summed E-state index contributed by atoms with van der Waals surface area (Å²) in [5.41, 5.74) is 1.86. The van der Waals surface area contributed by atoms with Gasteiger partial charge in [-0.15, -0.1) is 0 Å². The van der Waals surface area contributed by atoms with Crippen LogP contribution in [0.3, 0.4) is 0 Å². The van der Waals surface area contributed by atoms with Crippen LogP contribution in [0.2, 0.25) is 0 Å². The molecule has 2 fully saturated rings. The van der Waals surface area contributed by atoms with Crippen molar-refractivity contribution in [2.75, 3.05) is 6.54 Å². The van der Waals surface area contributed by atoms with E-state index in [4.69, 9.17) is 0 Å². The quantitative estimate of drug-likeness (QED) is 0.846. The Hall–Kier alpha value is -2.30. The largest absolute Gasteiger partial charge is 0.335 e. The van der Waals surface area contributed by atoms with E-state index in [0.717, 1.165) is 18.5 Å². The molecule has 1 aliphatic carbocycles. The van der Waals surface area contributed by atoms with Crippen molar-refractivity contribution in [1.29, 1.82) is 0 Å². The van der Waals surface area contributed by atoms with Gasteiger partial charge in [-0.25, -0.2) is 14.4 Å². The van der Waals surface area contributed by atoms with Crippen LogP contribution in [0, 0.1) is 11.2 Å². The van der Waals surface area contributed by atoms with Crippen LogP contribution in [0.4, 0.5) is 4.39 Å². The van der Waals surface area contributed by atoms with Gasteiger partial charge in [-0.05, 0) is 49.3 Å². The monoisotopic (exact) mass is 325 g/mol. The van der Waals surface area contributed by atoms with Crippen molar-refractivity contribution >= 4 is 5.91 Å². The lowest BCUT2D eigenvalue weighted by atomic mass is 9.68. The molecule has 1 amide bonds. The van der Waals surface area contributed by atoms with Crippen molar-refractivity contribution in [3.05, 3.63) is 48.3 Å². The van der Waals surface area contributed by atoms with E-state index in [2.05, 4.69) is 16.9 Å². The normalized spacial score (nSPS) is 21.8. The van der Waals surface area contributed by atoms with Crippen molar-refractivity contribution in [2.24, 2.45) is 5.41 Å². The molecule has 0 radical (unpaired) electrons. The number of hydrogen-bond donors (Lipinski definition) is 0. The van der Waals surface area contributed by atoms with E-state index in [1.807, 2.05) is 4.90 Å². The van der Waals surface area contributed by atoms with Crippen molar-refractivity contribution in [3.63, 3.8) is 0 Å². The van der Waals surface area contributed by atoms with Crippen LogP contribution < -0.4 is 0 Å². The Bertz CT molecular complexity index is 773. The number of hydrogen-bond acceptors (Lipinski definition) is 3. The number of benzene rings is 1. The number of carbonyl (C=O) groups is 1. The Labute approximate surface area is 140 Å². The minimum Gasteiger partial charge on any atom is -0.335 e. The standard InChI is InChI=1S/C19H20FN3O/c1-13-8-19(5-2-6-19)11-23(13)18(24)16-4-3-14(7-17(16)20)15-9-21-12-22-10-15/h3-4,7,9-10,12-13H,2,5-6,8,11H2,1H3. The molecule has 2 heterocycles. The van der Waals surface area contributed by atoms with Gasteiger partial charge in [0, 0.05) is 30.5 Å². The molecule has 2 aromatic rings. The predicted molar refractivity (Wildman–Crippen MR) is 88.8 cm³/mol. The molecule has 4 nitrogen and oxygen atoms in total. The lowest BCUT2D eigenvalue weighted by Crippen LogP contribution is -2.37. The highest BCUT2D eigenvalue weighted by atomic mass is 19.1. The summed E-state index contributed by atoms with van der Waals surface area (Å²) in [5.74, 6) is -0.678. The number of carbonyl (C=O) groups excluding carboxylic acids is 1. The van der Waals surface area contributed by atoms with Crippen LogP contribution in [-0.4, -0.2) is 33.4 Å². The van der Waals surface area contributed by atoms with E-state index >= 15 is 0 Å². The fourth-order valence-corrected chi connectivity index (χ4v) is 4.10. The lowest BCUT2D eigenvalue weighted by Gasteiger charge is -2.37. The summed E-state index contributed by atoms with van der Waals surface area (Å²) in [7, 11) is 0. The summed E-state index contributed by atoms with van der Waals surface area (Å²) >= 11 is 0. The smallest absolute Gasteiger partial charge is 0.257 e. The molecule has 2 aliphatic rings. The maximum absolute atomic E-state index is 14.6. The third-order valence-electron chi connectivity index (χ3n) is 5.53. The highest BCUT2D eigenvalue weighted by molar-refractivity contribution is 5.95. The first-order valence-electron chi connectivity index (χ1n) is 8.44. The van der Waals surface area contributed by atoms with E-state index in [1.165, 1.54) is 31.7 Å². The summed E-state index contributed by atoms with van der Waals surface area (Å²) in [4.78, 5) is 22.6. The summed E-state index contributed by atoms with van der Waals surface area (Å²) in [6.45, 7) is 2.83. The highest BCUT2D eigenvalue weighted by Crippen LogP contribution is 2.50. The van der Waals surface area contributed by atoms with E-state index in [9.17, 15) is 9.18 Å². The van der Waals surface area contributed by atoms with Gasteiger partial charge in [0.15, 0.2) is 0 Å². The van der Waals surface area contributed by atoms with Gasteiger partial charge >= 0.3 is 0 Å². The van der Waals surface area contributed by atoms with Crippen molar-refractivity contribution in [1.82, 2.24) is 14.9 Å². The Kier molecular flexibility index (Phi) is 3.59. The topological polar surface area (TPSA) is 46.1 Å². The zero-order valence-corrected chi connectivity index (χ0v) is 13.7. The van der Waals surface area contributed by atoms with Crippen LogP contribution in [-0.2, 0) is 0 Å². The van der Waals surface area contributed by atoms with Crippen LogP contribution in [0.15, 0.2) is 36.9 Å². The van der Waals surface area contributed by atoms with Crippen molar-refractivity contribution < 1.29 is 9.18 Å². The zero-order valence-electron chi connectivity index (χ0n) is 13.7. The van der Waals surface area contributed by atoms with Crippen LogP contribution in [0.25, 0.3) is 11.1 Å². The molecule has 1 aromatic carbocycles. The van der Waals surface area contributed by atoms with Crippen LogP contribution >= 0.6 is 0 Å². The molecule has 124 valence electrons. The first kappa shape index (κ1) is 15.2. The fourth-order valence-electron chi connectivity index (χ4n) is 4.10. The second kappa shape index (κ2) is 5.65. The maximum Gasteiger partial charge on any atom is 0.257 e. The number of nitrogens with zero attached hydrogens (tertiary/aromatic N) is 3. The van der Waals surface area contributed by atoms with Crippen molar-refractivity contribution in [3.8, 4) is 11.1 Å². The maximum atomic E-state index is 14.6. The molecule has 0 N–H and O–H groups in total. The van der Waals surface area contributed by atoms with Gasteiger partial charge < -0.3 is 4.90 Å². The van der Waals surface area contributed by atoms with Gasteiger partial charge in [0.25, 0.3) is 5.91 Å². The molecule has 5 heteroatoms. The molecule has 1 atom stereocenters. The molecule has 1 aliphatic heterocycles. The van der Waals surface area contributed by atoms with Gasteiger partial charge in [-0.3, -0.25) is 4.79 Å². The minimum absolute atomic E-state index is 0.152. The average Bonchev–Trinajstić information content (AvgIpc) is 2.93. The first-order chi connectivity index (χ1) is 11.6. The van der Waals surface area contributed by atoms with Crippen LogP contribution in [0.1, 0.15) is 43.0 Å². The van der Waals surface area contributed by atoms with Crippen LogP contribution in [0.5, 0.6) is 0 Å². The average molecular weight is 325 g/mol. The van der Waals surface area contributed by atoms with Gasteiger partial charge in [-0.1, -0.05) is 12.5 Å². The van der Waals surface area contributed by atoms with Gasteiger partial charge in [-0.2, -0.15) is 0 Å². The van der Waals surface area contributed by atoms with Gasteiger partial charge in [0.2, 0.25) is 0 Å². The van der Waals surface area contributed by atoms with E-state index in [1.54, 1.807) is 24.5 Å². The van der Waals surface area contributed by atoms with Crippen molar-refractivity contribution in [2.45, 2.75) is 38.6 Å². The fraction of sp³-hybridized carbons (Fsp3) is 0.421. The number of rotatable bonds is 2. The Balaban J connectivity index is 1.59. The Morgan fingerprint density at radius 2 is 2.00 bits per heavy atom. The molecule has 1 aromatic heterocycles. The summed E-state index contributed by atoms with van der Waals surface area (Å²) < 4.78 is 14.6. The second-order valence-electron chi connectivity index (χ2n) is 7.16. The lowest BCUT2D eigenvalue weighted by molar-refractivity contribution is 0.0696. The third kappa shape index (κ3) is 2.48. The third-order valence-corrected chi connectivity index (χ3v) is 5.53. The SMILES string of the molecule is CC1CC2(CCC2)CN1C(=O)c1ccc(-c2cncnc2)cc1F. The van der Waals surface area contributed by atoms with E-state index < -0.39 is 5.82 Å². The predicted octanol–water partition coefficient (Wildman–Crippen LogP) is 3.69. The van der Waals surface area contributed by atoms with E-state index in [-0.39, 0.29) is 17.5 Å². The minimum atomic E-state index is -0.483. The highest BCUT2D eigenvalue weighted by Gasteiger charge is 2.47. The molecular weight excluding hydrogens is 305 g/mol. The zero-order chi connectivity index (χ0) is 16.7. The number of amides is 1. The Morgan fingerprint density at radius 1 is 1.25 bits per heavy atom. The van der Waals surface area contributed by atoms with Gasteiger partial charge in [0.05, 0.1) is 5.56 Å². The number of halogens is 1. The molecule has 0 bridgehead atoms. The molecule has 1 saturated heterocycles. The summed E-state index contributed by atoms with van der Waals surface area (Å²) in [6.07, 6.45) is 9.37. The molecular formula is C19H20FN3O. The first-order valence-corrected chi connectivity index (χ1v) is 8.44. The molecule has 1 unspecified atom stereocenters. The number of aromatic nitrogens is 2. The van der Waals surface area contributed by atoms with E-state index in [0.29, 0.717) is 11.0 Å². The summed E-state index contributed by atoms with van der Waals surface area (Å²) in [5, 5.41) is 0. The molecule has 1 saturated carbocycles. The molecule has 24 heavy (non-hydrogen) atoms. The Morgan fingerprint density at radius 3 is 2.58 bits per heavy atom. The molecule has 4 rings (SSSR count). The second-order valence-corrected chi connectivity index (χ2v) is 7.16. The summed E-state index contributed by atoms with van der Waals surface area (Å²) in [6, 6.07) is 4.92. The van der Waals surface area contributed by atoms with Gasteiger partial charge in [0.1, 0.15) is 12.1 Å². The molecule has 1 spiro atoms.